The Labute approximate surface area is 185 Å². The van der Waals surface area contributed by atoms with Gasteiger partial charge in [-0.15, -0.1) is 0 Å². The van der Waals surface area contributed by atoms with Crippen LogP contribution in [0.25, 0.3) is 5.57 Å². The fraction of sp³-hybridized carbons (Fsp3) is 0.120. The smallest absolute Gasteiger partial charge is 0.282 e. The number of hydrogen-bond acceptors (Lipinski definition) is 4. The Balaban J connectivity index is 1.78. The lowest BCUT2D eigenvalue weighted by Crippen LogP contribution is -2.33. The largest absolute Gasteiger partial charge is 0.494 e. The monoisotopic (exact) mass is 432 g/mol. The van der Waals surface area contributed by atoms with Gasteiger partial charge in [-0.2, -0.15) is 0 Å². The lowest BCUT2D eigenvalue weighted by molar-refractivity contribution is -0.120. The number of imide groups is 1. The van der Waals surface area contributed by atoms with E-state index in [2.05, 4.69) is 5.32 Å². The van der Waals surface area contributed by atoms with Crippen molar-refractivity contribution in [2.75, 3.05) is 16.8 Å². The molecule has 2 amide bonds. The molecule has 6 heteroatoms. The zero-order chi connectivity index (χ0) is 22.0. The van der Waals surface area contributed by atoms with E-state index in [0.717, 1.165) is 5.75 Å². The summed E-state index contributed by atoms with van der Waals surface area (Å²) in [6.45, 7) is 4.27. The summed E-state index contributed by atoms with van der Waals surface area (Å²) in [4.78, 5) is 28.1. The molecule has 1 aliphatic heterocycles. The average molecular weight is 433 g/mol. The maximum Gasteiger partial charge on any atom is 0.282 e. The number of nitrogens with zero attached hydrogens (tertiary/aromatic N) is 1. The van der Waals surface area contributed by atoms with Crippen molar-refractivity contribution in [3.63, 3.8) is 0 Å². The molecule has 0 spiro atoms. The van der Waals surface area contributed by atoms with Gasteiger partial charge in [-0.3, -0.25) is 9.59 Å². The Hall–Kier alpha value is -3.57. The molecule has 0 radical (unpaired) electrons. The summed E-state index contributed by atoms with van der Waals surface area (Å²) in [7, 11) is 0. The number of ether oxygens (including phenoxy) is 1. The number of rotatable bonds is 6. The van der Waals surface area contributed by atoms with E-state index in [0.29, 0.717) is 39.7 Å². The lowest BCUT2D eigenvalue weighted by Gasteiger charge is -2.18. The van der Waals surface area contributed by atoms with Crippen LogP contribution in [0.5, 0.6) is 5.75 Å². The summed E-state index contributed by atoms with van der Waals surface area (Å²) in [5.41, 5.74) is 3.02. The van der Waals surface area contributed by atoms with Gasteiger partial charge in [0, 0.05) is 10.7 Å². The van der Waals surface area contributed by atoms with Gasteiger partial charge in [-0.1, -0.05) is 48.0 Å². The van der Waals surface area contributed by atoms with E-state index in [1.807, 2.05) is 61.5 Å². The zero-order valence-electron chi connectivity index (χ0n) is 17.2. The molecule has 3 aromatic carbocycles. The summed E-state index contributed by atoms with van der Waals surface area (Å²) in [5, 5.41) is 3.64. The number of nitrogens with one attached hydrogen (secondary N) is 1. The molecule has 0 bridgehead atoms. The highest BCUT2D eigenvalue weighted by Crippen LogP contribution is 2.36. The molecule has 0 saturated heterocycles. The van der Waals surface area contributed by atoms with Gasteiger partial charge >= 0.3 is 0 Å². The number of carbonyl (C=O) groups is 2. The summed E-state index contributed by atoms with van der Waals surface area (Å²) in [6, 6.07) is 21.6. The first-order chi connectivity index (χ1) is 15.0. The van der Waals surface area contributed by atoms with Crippen LogP contribution in [0.3, 0.4) is 0 Å². The summed E-state index contributed by atoms with van der Waals surface area (Å²) >= 11 is 6.26. The third kappa shape index (κ3) is 3.92. The van der Waals surface area contributed by atoms with Crippen LogP contribution in [0, 0.1) is 6.92 Å². The van der Waals surface area contributed by atoms with E-state index in [-0.39, 0.29) is 5.70 Å². The number of halogens is 1. The predicted octanol–water partition coefficient (Wildman–Crippen LogP) is 5.44. The highest BCUT2D eigenvalue weighted by molar-refractivity contribution is 6.46. The Kier molecular flexibility index (Phi) is 5.78. The zero-order valence-corrected chi connectivity index (χ0v) is 17.9. The maximum atomic E-state index is 13.5. The molecule has 0 atom stereocenters. The molecular formula is C25H21ClN2O3. The average Bonchev–Trinajstić information content (AvgIpc) is 3.02. The van der Waals surface area contributed by atoms with Gasteiger partial charge in [0.2, 0.25) is 0 Å². The number of benzene rings is 3. The van der Waals surface area contributed by atoms with E-state index in [1.54, 1.807) is 25.1 Å². The first-order valence-corrected chi connectivity index (χ1v) is 10.3. The molecule has 4 rings (SSSR count). The molecule has 1 aliphatic rings. The fourth-order valence-electron chi connectivity index (χ4n) is 3.52. The number of anilines is 2. The van der Waals surface area contributed by atoms with Crippen LogP contribution in [0.1, 0.15) is 18.1 Å². The minimum atomic E-state index is -0.428. The predicted molar refractivity (Wildman–Crippen MR) is 123 cm³/mol. The van der Waals surface area contributed by atoms with Crippen molar-refractivity contribution in [3.8, 4) is 5.75 Å². The Morgan fingerprint density at radius 3 is 2.29 bits per heavy atom. The molecule has 0 aliphatic carbocycles. The van der Waals surface area contributed by atoms with E-state index in [4.69, 9.17) is 16.3 Å². The van der Waals surface area contributed by atoms with E-state index in [1.165, 1.54) is 4.90 Å². The van der Waals surface area contributed by atoms with Gasteiger partial charge in [-0.05, 0) is 61.4 Å². The second kappa shape index (κ2) is 8.66. The van der Waals surface area contributed by atoms with Gasteiger partial charge in [0.1, 0.15) is 11.4 Å². The van der Waals surface area contributed by atoms with Gasteiger partial charge in [-0.25, -0.2) is 4.90 Å². The van der Waals surface area contributed by atoms with Crippen molar-refractivity contribution in [2.45, 2.75) is 13.8 Å². The first-order valence-electron chi connectivity index (χ1n) is 9.94. The van der Waals surface area contributed by atoms with Gasteiger partial charge < -0.3 is 10.1 Å². The Bertz CT molecular complexity index is 1170. The van der Waals surface area contributed by atoms with E-state index < -0.39 is 11.8 Å². The molecule has 1 heterocycles. The second-order valence-corrected chi connectivity index (χ2v) is 7.44. The normalized spacial score (nSPS) is 13.7. The SMILES string of the molecule is CCOc1ccc(NC2=C(c3ccccc3)C(=O)N(c3cccc(Cl)c3C)C2=O)cc1. The Morgan fingerprint density at radius 2 is 1.61 bits per heavy atom. The standard InChI is InChI=1S/C25H21ClN2O3/c1-3-31-19-14-12-18(13-15-19)27-23-22(17-8-5-4-6-9-17)24(29)28(25(23)30)21-11-7-10-20(26)16(21)2/h4-15,27H,3H2,1-2H3. The van der Waals surface area contributed by atoms with Crippen molar-refractivity contribution in [1.29, 1.82) is 0 Å². The van der Waals surface area contributed by atoms with Crippen LogP contribution < -0.4 is 15.0 Å². The van der Waals surface area contributed by atoms with Crippen molar-refractivity contribution in [1.82, 2.24) is 0 Å². The molecule has 1 N–H and O–H groups in total. The van der Waals surface area contributed by atoms with Crippen molar-refractivity contribution in [3.05, 3.63) is 94.6 Å². The van der Waals surface area contributed by atoms with Crippen LogP contribution in [-0.4, -0.2) is 18.4 Å². The van der Waals surface area contributed by atoms with Crippen LogP contribution >= 0.6 is 11.6 Å². The van der Waals surface area contributed by atoms with Crippen LogP contribution in [0.2, 0.25) is 5.02 Å². The molecule has 31 heavy (non-hydrogen) atoms. The van der Waals surface area contributed by atoms with Crippen molar-refractivity contribution >= 4 is 40.4 Å². The third-order valence-corrected chi connectivity index (χ3v) is 5.47. The highest BCUT2D eigenvalue weighted by atomic mass is 35.5. The van der Waals surface area contributed by atoms with Crippen molar-refractivity contribution < 1.29 is 14.3 Å². The maximum absolute atomic E-state index is 13.5. The minimum absolute atomic E-state index is 0.222. The van der Waals surface area contributed by atoms with E-state index >= 15 is 0 Å². The lowest BCUT2D eigenvalue weighted by atomic mass is 10.0. The third-order valence-electron chi connectivity index (χ3n) is 5.06. The molecule has 3 aromatic rings. The highest BCUT2D eigenvalue weighted by Gasteiger charge is 2.40. The van der Waals surface area contributed by atoms with Gasteiger partial charge in [0.25, 0.3) is 11.8 Å². The molecule has 0 saturated carbocycles. The van der Waals surface area contributed by atoms with E-state index in [9.17, 15) is 9.59 Å². The topological polar surface area (TPSA) is 58.6 Å². The molecule has 156 valence electrons. The van der Waals surface area contributed by atoms with Gasteiger partial charge in [0.05, 0.1) is 17.9 Å². The summed E-state index contributed by atoms with van der Waals surface area (Å²) in [6.07, 6.45) is 0. The van der Waals surface area contributed by atoms with Gasteiger partial charge in [0.15, 0.2) is 0 Å². The number of amides is 2. The fourth-order valence-corrected chi connectivity index (χ4v) is 3.69. The number of carbonyl (C=O) groups excluding carboxylic acids is 2. The van der Waals surface area contributed by atoms with Crippen LogP contribution in [0.15, 0.2) is 78.5 Å². The molecule has 5 nitrogen and oxygen atoms in total. The minimum Gasteiger partial charge on any atom is -0.494 e. The molecule has 0 fully saturated rings. The first kappa shape index (κ1) is 20.7. The summed E-state index contributed by atoms with van der Waals surface area (Å²) in [5.74, 6) is -0.0894. The second-order valence-electron chi connectivity index (χ2n) is 7.03. The molecule has 0 aromatic heterocycles. The molecular weight excluding hydrogens is 412 g/mol. The van der Waals surface area contributed by atoms with Crippen LogP contribution in [0.4, 0.5) is 11.4 Å². The van der Waals surface area contributed by atoms with Crippen LogP contribution in [-0.2, 0) is 9.59 Å². The Morgan fingerprint density at radius 1 is 0.903 bits per heavy atom. The number of hydrogen-bond donors (Lipinski definition) is 1. The van der Waals surface area contributed by atoms with Crippen molar-refractivity contribution in [2.24, 2.45) is 0 Å². The quantitative estimate of drug-likeness (QED) is 0.526. The summed E-state index contributed by atoms with van der Waals surface area (Å²) < 4.78 is 5.48. The molecule has 0 unspecified atom stereocenters.